The van der Waals surface area contributed by atoms with Crippen LogP contribution in [0.3, 0.4) is 0 Å². The zero-order valence-electron chi connectivity index (χ0n) is 15.2. The molecule has 3 rings (SSSR count). The minimum Gasteiger partial charge on any atom is -0.379 e. The van der Waals surface area contributed by atoms with E-state index in [0.29, 0.717) is 23.2 Å². The summed E-state index contributed by atoms with van der Waals surface area (Å²) in [5, 5.41) is 1.53. The highest BCUT2D eigenvalue weighted by molar-refractivity contribution is 6.22. The number of morpholine rings is 1. The van der Waals surface area contributed by atoms with Crippen molar-refractivity contribution in [3.63, 3.8) is 0 Å². The number of carbonyl (C=O) groups excluding carboxylic acids is 3. The number of hydrogen-bond donors (Lipinski definition) is 1. The summed E-state index contributed by atoms with van der Waals surface area (Å²) in [4.78, 5) is 40.8. The van der Waals surface area contributed by atoms with Crippen LogP contribution in [0, 0.1) is 0 Å². The molecule has 1 saturated heterocycles. The number of amides is 3. The topological polar surface area (TPSA) is 82.2 Å². The number of nitrogens with zero attached hydrogens (tertiary/aromatic N) is 3. The van der Waals surface area contributed by atoms with Gasteiger partial charge in [0.15, 0.2) is 0 Å². The lowest BCUT2D eigenvalue weighted by Gasteiger charge is -2.27. The molecule has 2 heterocycles. The van der Waals surface area contributed by atoms with Gasteiger partial charge in [-0.1, -0.05) is 0 Å². The first-order valence-corrected chi connectivity index (χ1v) is 8.76. The van der Waals surface area contributed by atoms with Crippen molar-refractivity contribution in [2.45, 2.75) is 6.42 Å². The molecule has 0 saturated carbocycles. The first-order valence-electron chi connectivity index (χ1n) is 8.76. The van der Waals surface area contributed by atoms with Gasteiger partial charge >= 0.3 is 0 Å². The van der Waals surface area contributed by atoms with E-state index in [1.54, 1.807) is 26.2 Å². The third-order valence-corrected chi connectivity index (χ3v) is 4.52. The van der Waals surface area contributed by atoms with Gasteiger partial charge in [-0.05, 0) is 24.6 Å². The molecular weight excluding hydrogens is 336 g/mol. The number of hydrogen-bond acceptors (Lipinski definition) is 6. The molecule has 1 N–H and O–H groups in total. The van der Waals surface area contributed by atoms with Gasteiger partial charge in [0.2, 0.25) is 0 Å². The van der Waals surface area contributed by atoms with Gasteiger partial charge < -0.3 is 4.74 Å². The van der Waals surface area contributed by atoms with Crippen LogP contribution in [0.5, 0.6) is 0 Å². The maximum Gasteiger partial charge on any atom is 0.265 e. The van der Waals surface area contributed by atoms with Crippen LogP contribution in [0.25, 0.3) is 0 Å². The second kappa shape index (κ2) is 7.94. The van der Waals surface area contributed by atoms with Gasteiger partial charge in [-0.25, -0.2) is 5.01 Å². The summed E-state index contributed by atoms with van der Waals surface area (Å²) in [6, 6.07) is 4.62. The number of imide groups is 1. The summed E-state index contributed by atoms with van der Waals surface area (Å²) in [7, 11) is 3.41. The standard InChI is InChI=1S/C18H24N4O4/c1-20(2)19-16(23)13-4-5-14-15(12-13)18(25)22(17(14)24)7-3-6-21-8-10-26-11-9-21/h4-5,12H,3,6-11H2,1-2H3,(H,19,23). The second-order valence-electron chi connectivity index (χ2n) is 6.67. The predicted octanol–water partition coefficient (Wildman–Crippen LogP) is 0.211. The van der Waals surface area contributed by atoms with Gasteiger partial charge in [0, 0.05) is 45.8 Å². The molecule has 0 aliphatic carbocycles. The summed E-state index contributed by atoms with van der Waals surface area (Å²) in [6.07, 6.45) is 0.722. The van der Waals surface area contributed by atoms with Crippen molar-refractivity contribution in [2.24, 2.45) is 0 Å². The van der Waals surface area contributed by atoms with Crippen LogP contribution < -0.4 is 5.43 Å². The average molecular weight is 360 g/mol. The van der Waals surface area contributed by atoms with Crippen molar-refractivity contribution in [1.29, 1.82) is 0 Å². The molecule has 1 fully saturated rings. The summed E-state index contributed by atoms with van der Waals surface area (Å²) in [6.45, 7) is 4.42. The smallest absolute Gasteiger partial charge is 0.265 e. The Labute approximate surface area is 152 Å². The fourth-order valence-electron chi connectivity index (χ4n) is 3.18. The van der Waals surface area contributed by atoms with Gasteiger partial charge in [0.25, 0.3) is 17.7 Å². The van der Waals surface area contributed by atoms with E-state index in [1.165, 1.54) is 16.0 Å². The molecule has 8 heteroatoms. The van der Waals surface area contributed by atoms with E-state index in [0.717, 1.165) is 39.3 Å². The Morgan fingerprint density at radius 1 is 1.12 bits per heavy atom. The number of nitrogens with one attached hydrogen (secondary N) is 1. The third-order valence-electron chi connectivity index (χ3n) is 4.52. The van der Waals surface area contributed by atoms with E-state index in [4.69, 9.17) is 4.74 Å². The van der Waals surface area contributed by atoms with Gasteiger partial charge in [0.1, 0.15) is 0 Å². The van der Waals surface area contributed by atoms with Gasteiger partial charge in [0.05, 0.1) is 24.3 Å². The quantitative estimate of drug-likeness (QED) is 0.577. The number of rotatable bonds is 6. The second-order valence-corrected chi connectivity index (χ2v) is 6.67. The van der Waals surface area contributed by atoms with Crippen LogP contribution >= 0.6 is 0 Å². The lowest BCUT2D eigenvalue weighted by Crippen LogP contribution is -2.39. The molecular formula is C18H24N4O4. The van der Waals surface area contributed by atoms with E-state index in [-0.39, 0.29) is 17.7 Å². The Balaban J connectivity index is 1.64. The van der Waals surface area contributed by atoms with Crippen LogP contribution in [0.1, 0.15) is 37.5 Å². The Kier molecular flexibility index (Phi) is 5.65. The van der Waals surface area contributed by atoms with E-state index in [1.807, 2.05) is 0 Å². The van der Waals surface area contributed by atoms with Crippen LogP contribution in [-0.2, 0) is 4.74 Å². The highest BCUT2D eigenvalue weighted by Crippen LogP contribution is 2.24. The number of fused-ring (bicyclic) bond motifs is 1. The average Bonchev–Trinajstić information content (AvgIpc) is 2.86. The van der Waals surface area contributed by atoms with Gasteiger partial charge in [-0.15, -0.1) is 0 Å². The number of hydrazine groups is 1. The van der Waals surface area contributed by atoms with Crippen molar-refractivity contribution in [3.8, 4) is 0 Å². The molecule has 0 aromatic heterocycles. The summed E-state index contributed by atoms with van der Waals surface area (Å²) >= 11 is 0. The highest BCUT2D eigenvalue weighted by atomic mass is 16.5. The van der Waals surface area contributed by atoms with Crippen LogP contribution in [0.15, 0.2) is 18.2 Å². The molecule has 8 nitrogen and oxygen atoms in total. The monoisotopic (exact) mass is 360 g/mol. The summed E-state index contributed by atoms with van der Waals surface area (Å²) < 4.78 is 5.31. The number of carbonyl (C=O) groups is 3. The normalized spacial score (nSPS) is 17.7. The van der Waals surface area contributed by atoms with Crippen molar-refractivity contribution in [2.75, 3.05) is 53.5 Å². The van der Waals surface area contributed by atoms with Crippen molar-refractivity contribution in [1.82, 2.24) is 20.2 Å². The molecule has 26 heavy (non-hydrogen) atoms. The molecule has 0 atom stereocenters. The largest absolute Gasteiger partial charge is 0.379 e. The lowest BCUT2D eigenvalue weighted by molar-refractivity contribution is 0.0355. The van der Waals surface area contributed by atoms with E-state index in [2.05, 4.69) is 10.3 Å². The molecule has 0 bridgehead atoms. The van der Waals surface area contributed by atoms with Crippen molar-refractivity contribution < 1.29 is 19.1 Å². The Hall–Kier alpha value is -2.29. The molecule has 1 aromatic rings. The van der Waals surface area contributed by atoms with Gasteiger partial charge in [-0.3, -0.25) is 29.6 Å². The summed E-state index contributed by atoms with van der Waals surface area (Å²) in [5.74, 6) is -0.929. The molecule has 0 radical (unpaired) electrons. The Morgan fingerprint density at radius 3 is 2.50 bits per heavy atom. The zero-order valence-corrected chi connectivity index (χ0v) is 15.2. The fraction of sp³-hybridized carbons (Fsp3) is 0.500. The number of ether oxygens (including phenoxy) is 1. The van der Waals surface area contributed by atoms with E-state index < -0.39 is 0 Å². The molecule has 0 spiro atoms. The molecule has 2 aliphatic rings. The molecule has 3 amide bonds. The van der Waals surface area contributed by atoms with Crippen molar-refractivity contribution >= 4 is 17.7 Å². The highest BCUT2D eigenvalue weighted by Gasteiger charge is 2.35. The Bertz CT molecular complexity index is 713. The number of benzene rings is 1. The van der Waals surface area contributed by atoms with Crippen LogP contribution in [0.4, 0.5) is 0 Å². The third kappa shape index (κ3) is 3.92. The molecule has 2 aliphatic heterocycles. The molecule has 1 aromatic carbocycles. The minimum atomic E-state index is -0.327. The fourth-order valence-corrected chi connectivity index (χ4v) is 3.18. The van der Waals surface area contributed by atoms with E-state index in [9.17, 15) is 14.4 Å². The van der Waals surface area contributed by atoms with Crippen molar-refractivity contribution in [3.05, 3.63) is 34.9 Å². The molecule has 140 valence electrons. The molecule has 0 unspecified atom stereocenters. The lowest BCUT2D eigenvalue weighted by atomic mass is 10.1. The van der Waals surface area contributed by atoms with Crippen LogP contribution in [-0.4, -0.2) is 86.0 Å². The van der Waals surface area contributed by atoms with Gasteiger partial charge in [-0.2, -0.15) is 0 Å². The maximum absolute atomic E-state index is 12.6. The summed E-state index contributed by atoms with van der Waals surface area (Å²) in [5.41, 5.74) is 3.64. The predicted molar refractivity (Wildman–Crippen MR) is 94.8 cm³/mol. The Morgan fingerprint density at radius 2 is 1.81 bits per heavy atom. The van der Waals surface area contributed by atoms with Crippen LogP contribution in [0.2, 0.25) is 0 Å². The SMILES string of the molecule is CN(C)NC(=O)c1ccc2c(c1)C(=O)N(CCCN1CCOCC1)C2=O. The minimum absolute atomic E-state index is 0.286. The maximum atomic E-state index is 12.6. The van der Waals surface area contributed by atoms with E-state index >= 15 is 0 Å². The first-order chi connectivity index (χ1) is 12.5. The first kappa shape index (κ1) is 18.5. The zero-order chi connectivity index (χ0) is 18.7.